The van der Waals surface area contributed by atoms with Crippen molar-refractivity contribution in [2.75, 3.05) is 26.3 Å². The number of carboxylic acids is 1. The van der Waals surface area contributed by atoms with Gasteiger partial charge in [-0.3, -0.25) is 14.6 Å². The maximum absolute atomic E-state index is 12.8. The Bertz CT molecular complexity index is 806. The molecule has 4 heterocycles. The van der Waals surface area contributed by atoms with E-state index in [0.29, 0.717) is 31.9 Å². The number of carbonyl (C=O) groups is 2. The Morgan fingerprint density at radius 3 is 3.00 bits per heavy atom. The van der Waals surface area contributed by atoms with Crippen LogP contribution in [0.5, 0.6) is 0 Å². The van der Waals surface area contributed by atoms with Crippen LogP contribution in [-0.2, 0) is 9.53 Å². The SMILES string of the molecule is O=C(c1cc(-c2cccnc2)on1)N1C[C@H]2COCC[C@@]2(C(=O)O)C1. The number of ether oxygens (including phenoxy) is 1. The van der Waals surface area contributed by atoms with Crippen LogP contribution >= 0.6 is 0 Å². The summed E-state index contributed by atoms with van der Waals surface area (Å²) in [5.74, 6) is -0.946. The summed E-state index contributed by atoms with van der Waals surface area (Å²) in [7, 11) is 0. The van der Waals surface area contributed by atoms with Crippen molar-refractivity contribution in [3.05, 3.63) is 36.3 Å². The van der Waals surface area contributed by atoms with Crippen molar-refractivity contribution in [3.63, 3.8) is 0 Å². The first-order chi connectivity index (χ1) is 12.1. The fourth-order valence-corrected chi connectivity index (χ4v) is 3.64. The molecule has 2 saturated heterocycles. The molecule has 0 bridgehead atoms. The Hall–Kier alpha value is -2.74. The lowest BCUT2D eigenvalue weighted by Crippen LogP contribution is -2.45. The van der Waals surface area contributed by atoms with Gasteiger partial charge in [0.15, 0.2) is 11.5 Å². The molecule has 2 fully saturated rings. The van der Waals surface area contributed by atoms with Crippen LogP contribution in [0.3, 0.4) is 0 Å². The minimum Gasteiger partial charge on any atom is -0.481 e. The van der Waals surface area contributed by atoms with Gasteiger partial charge in [0.25, 0.3) is 5.91 Å². The van der Waals surface area contributed by atoms with Crippen molar-refractivity contribution in [3.8, 4) is 11.3 Å². The number of carboxylic acid groups (broad SMARTS) is 1. The number of aromatic nitrogens is 2. The smallest absolute Gasteiger partial charge is 0.311 e. The van der Waals surface area contributed by atoms with Crippen molar-refractivity contribution in [1.82, 2.24) is 15.0 Å². The minimum absolute atomic E-state index is 0.166. The van der Waals surface area contributed by atoms with Gasteiger partial charge in [-0.05, 0) is 18.6 Å². The molecule has 2 atom stereocenters. The van der Waals surface area contributed by atoms with E-state index in [1.807, 2.05) is 6.07 Å². The summed E-state index contributed by atoms with van der Waals surface area (Å²) in [4.78, 5) is 30.1. The summed E-state index contributed by atoms with van der Waals surface area (Å²) in [5.41, 5.74) is -0.0393. The van der Waals surface area contributed by atoms with Gasteiger partial charge in [0.2, 0.25) is 0 Å². The van der Waals surface area contributed by atoms with Crippen LogP contribution in [0.2, 0.25) is 0 Å². The average molecular weight is 343 g/mol. The van der Waals surface area contributed by atoms with Crippen LogP contribution in [-0.4, -0.2) is 58.3 Å². The first-order valence-electron chi connectivity index (χ1n) is 8.08. The number of rotatable bonds is 3. The van der Waals surface area contributed by atoms with Gasteiger partial charge in [0.1, 0.15) is 0 Å². The van der Waals surface area contributed by atoms with Crippen molar-refractivity contribution >= 4 is 11.9 Å². The van der Waals surface area contributed by atoms with Crippen molar-refractivity contribution in [2.45, 2.75) is 6.42 Å². The zero-order valence-electron chi connectivity index (χ0n) is 13.4. The molecular formula is C17H17N3O5. The van der Waals surface area contributed by atoms with Crippen LogP contribution in [0, 0.1) is 11.3 Å². The van der Waals surface area contributed by atoms with Gasteiger partial charge in [0, 0.05) is 49.6 Å². The van der Waals surface area contributed by atoms with E-state index in [4.69, 9.17) is 9.26 Å². The standard InChI is InChI=1S/C17H17N3O5/c21-15(13-6-14(25-19-13)11-2-1-4-18-7-11)20-8-12-9-24-5-3-17(12,10-20)16(22)23/h1-2,4,6-7,12H,3,5,8-10H2,(H,22,23)/t12-,17+/m0/s1. The Morgan fingerprint density at radius 2 is 2.28 bits per heavy atom. The molecule has 2 aromatic rings. The minimum atomic E-state index is -0.927. The number of fused-ring (bicyclic) bond motifs is 1. The molecule has 2 aliphatic heterocycles. The Labute approximate surface area is 143 Å². The summed E-state index contributed by atoms with van der Waals surface area (Å²) in [6.07, 6.45) is 3.68. The van der Waals surface area contributed by atoms with E-state index in [1.165, 1.54) is 0 Å². The van der Waals surface area contributed by atoms with E-state index >= 15 is 0 Å². The second-order valence-corrected chi connectivity index (χ2v) is 6.49. The van der Waals surface area contributed by atoms with E-state index in [0.717, 1.165) is 5.56 Å². The summed E-state index contributed by atoms with van der Waals surface area (Å²) in [5, 5.41) is 13.5. The number of nitrogens with zero attached hydrogens (tertiary/aromatic N) is 3. The normalized spacial score (nSPS) is 25.6. The van der Waals surface area contributed by atoms with Crippen LogP contribution in [0.25, 0.3) is 11.3 Å². The molecule has 0 aliphatic carbocycles. The third-order valence-corrected chi connectivity index (χ3v) is 5.10. The molecule has 0 saturated carbocycles. The molecule has 0 radical (unpaired) electrons. The van der Waals surface area contributed by atoms with Crippen LogP contribution in [0.4, 0.5) is 0 Å². The summed E-state index contributed by atoms with van der Waals surface area (Å²) in [6.45, 7) is 1.28. The van der Waals surface area contributed by atoms with E-state index in [9.17, 15) is 14.7 Å². The molecule has 0 spiro atoms. The molecule has 1 amide bonds. The molecule has 0 unspecified atom stereocenters. The van der Waals surface area contributed by atoms with Crippen LogP contribution in [0.1, 0.15) is 16.9 Å². The lowest BCUT2D eigenvalue weighted by Gasteiger charge is -2.33. The van der Waals surface area contributed by atoms with Gasteiger partial charge in [-0.1, -0.05) is 5.16 Å². The van der Waals surface area contributed by atoms with Crippen LogP contribution < -0.4 is 0 Å². The van der Waals surface area contributed by atoms with Crippen molar-refractivity contribution in [2.24, 2.45) is 11.3 Å². The van der Waals surface area contributed by atoms with E-state index < -0.39 is 11.4 Å². The summed E-state index contributed by atoms with van der Waals surface area (Å²) < 4.78 is 10.7. The summed E-state index contributed by atoms with van der Waals surface area (Å²) in [6, 6.07) is 5.13. The molecule has 1 N–H and O–H groups in total. The fourth-order valence-electron chi connectivity index (χ4n) is 3.64. The third-order valence-electron chi connectivity index (χ3n) is 5.10. The zero-order chi connectivity index (χ0) is 17.4. The number of amides is 1. The molecule has 8 heteroatoms. The van der Waals surface area contributed by atoms with Gasteiger partial charge < -0.3 is 19.3 Å². The Balaban J connectivity index is 1.56. The maximum atomic E-state index is 12.8. The summed E-state index contributed by atoms with van der Waals surface area (Å²) >= 11 is 0. The number of hydrogen-bond acceptors (Lipinski definition) is 6. The lowest BCUT2D eigenvalue weighted by molar-refractivity contribution is -0.157. The highest BCUT2D eigenvalue weighted by molar-refractivity contribution is 5.94. The second kappa shape index (κ2) is 5.96. The molecule has 2 aliphatic rings. The molecule has 4 rings (SSSR count). The number of hydrogen-bond donors (Lipinski definition) is 1. The van der Waals surface area contributed by atoms with Gasteiger partial charge in [-0.15, -0.1) is 0 Å². The van der Waals surface area contributed by atoms with Crippen molar-refractivity contribution < 1.29 is 24.0 Å². The predicted molar refractivity (Wildman–Crippen MR) is 84.6 cm³/mol. The lowest BCUT2D eigenvalue weighted by atomic mass is 9.74. The second-order valence-electron chi connectivity index (χ2n) is 6.49. The monoisotopic (exact) mass is 343 g/mol. The van der Waals surface area contributed by atoms with Gasteiger partial charge in [-0.25, -0.2) is 0 Å². The largest absolute Gasteiger partial charge is 0.481 e. The topological polar surface area (TPSA) is 106 Å². The number of aliphatic carboxylic acids is 1. The molecule has 25 heavy (non-hydrogen) atoms. The Morgan fingerprint density at radius 1 is 1.40 bits per heavy atom. The highest BCUT2D eigenvalue weighted by atomic mass is 16.5. The van der Waals surface area contributed by atoms with Gasteiger partial charge >= 0.3 is 5.97 Å². The number of carbonyl (C=O) groups excluding carboxylic acids is 1. The van der Waals surface area contributed by atoms with Gasteiger partial charge in [-0.2, -0.15) is 0 Å². The van der Waals surface area contributed by atoms with Gasteiger partial charge in [0.05, 0.1) is 12.0 Å². The highest BCUT2D eigenvalue weighted by Crippen LogP contribution is 2.42. The molecule has 130 valence electrons. The first-order valence-corrected chi connectivity index (χ1v) is 8.08. The van der Waals surface area contributed by atoms with E-state index in [-0.39, 0.29) is 24.1 Å². The number of pyridine rings is 1. The van der Waals surface area contributed by atoms with E-state index in [2.05, 4.69) is 10.1 Å². The quantitative estimate of drug-likeness (QED) is 0.895. The molecular weight excluding hydrogens is 326 g/mol. The van der Waals surface area contributed by atoms with Crippen LogP contribution in [0.15, 0.2) is 35.1 Å². The molecule has 8 nitrogen and oxygen atoms in total. The number of likely N-dealkylation sites (tertiary alicyclic amines) is 1. The van der Waals surface area contributed by atoms with E-state index in [1.54, 1.807) is 29.4 Å². The fraction of sp³-hybridized carbons (Fsp3) is 0.412. The molecule has 0 aromatic carbocycles. The predicted octanol–water partition coefficient (Wildman–Crippen LogP) is 1.30. The first kappa shape index (κ1) is 15.8. The highest BCUT2D eigenvalue weighted by Gasteiger charge is 2.55. The maximum Gasteiger partial charge on any atom is 0.311 e. The third kappa shape index (κ3) is 2.58. The average Bonchev–Trinajstić information content (AvgIpc) is 3.27. The zero-order valence-corrected chi connectivity index (χ0v) is 13.4. The van der Waals surface area contributed by atoms with Crippen molar-refractivity contribution in [1.29, 1.82) is 0 Å². The molecule has 2 aromatic heterocycles. The Kier molecular flexibility index (Phi) is 3.76.